The Balaban J connectivity index is 2.33. The van der Waals surface area contributed by atoms with Crippen molar-refractivity contribution >= 4 is 16.0 Å². The highest BCUT2D eigenvalue weighted by atomic mass is 32.2. The zero-order chi connectivity index (χ0) is 15.1. The normalized spacial score (nSPS) is 23.9. The van der Waals surface area contributed by atoms with Crippen LogP contribution >= 0.6 is 0 Å². The number of carboxylic acid groups (broad SMARTS) is 1. The summed E-state index contributed by atoms with van der Waals surface area (Å²) in [5.74, 6) is -1.48. The van der Waals surface area contributed by atoms with E-state index in [0.717, 1.165) is 10.4 Å². The van der Waals surface area contributed by atoms with Gasteiger partial charge in [-0.2, -0.15) is 4.31 Å². The van der Waals surface area contributed by atoms with Gasteiger partial charge in [0.05, 0.1) is 10.3 Å². The standard InChI is InChI=1S/C13H16FNO4S/c1-9-7-10(3-4-11(9)14)20(18,19)15-6-5-13(2,8-15)12(16)17/h3-4,7H,5-6,8H2,1-2H3,(H,16,17). The molecule has 1 N–H and O–H groups in total. The first kappa shape index (κ1) is 14.9. The Morgan fingerprint density at radius 2 is 2.10 bits per heavy atom. The monoisotopic (exact) mass is 301 g/mol. The number of aryl methyl sites for hydroxylation is 1. The van der Waals surface area contributed by atoms with Crippen molar-refractivity contribution in [3.05, 3.63) is 29.6 Å². The maximum Gasteiger partial charge on any atom is 0.310 e. The van der Waals surface area contributed by atoms with E-state index in [1.54, 1.807) is 0 Å². The highest BCUT2D eigenvalue weighted by Crippen LogP contribution is 2.33. The summed E-state index contributed by atoms with van der Waals surface area (Å²) in [5.41, 5.74) is -0.825. The summed E-state index contributed by atoms with van der Waals surface area (Å²) < 4.78 is 39.2. The van der Waals surface area contributed by atoms with Gasteiger partial charge in [-0.15, -0.1) is 0 Å². The molecule has 0 spiro atoms. The van der Waals surface area contributed by atoms with Crippen molar-refractivity contribution in [2.24, 2.45) is 5.41 Å². The zero-order valence-electron chi connectivity index (χ0n) is 11.3. The number of benzene rings is 1. The lowest BCUT2D eigenvalue weighted by Gasteiger charge is -2.20. The molecule has 1 aliphatic heterocycles. The fraction of sp³-hybridized carbons (Fsp3) is 0.462. The van der Waals surface area contributed by atoms with Crippen molar-refractivity contribution in [2.45, 2.75) is 25.2 Å². The summed E-state index contributed by atoms with van der Waals surface area (Å²) in [4.78, 5) is 11.2. The van der Waals surface area contributed by atoms with Crippen LogP contribution in [0.3, 0.4) is 0 Å². The van der Waals surface area contributed by atoms with E-state index in [0.29, 0.717) is 0 Å². The molecule has 0 aromatic heterocycles. The van der Waals surface area contributed by atoms with Gasteiger partial charge in [-0.05, 0) is 44.0 Å². The van der Waals surface area contributed by atoms with E-state index in [1.165, 1.54) is 26.0 Å². The molecular formula is C13H16FNO4S. The lowest BCUT2D eigenvalue weighted by molar-refractivity contribution is -0.146. The first-order valence-corrected chi connectivity index (χ1v) is 7.60. The Morgan fingerprint density at radius 1 is 1.45 bits per heavy atom. The predicted molar refractivity (Wildman–Crippen MR) is 70.3 cm³/mol. The SMILES string of the molecule is Cc1cc(S(=O)(=O)N2CCC(C)(C(=O)O)C2)ccc1F. The number of aliphatic carboxylic acids is 1. The van der Waals surface area contributed by atoms with Gasteiger partial charge in [0.25, 0.3) is 0 Å². The van der Waals surface area contributed by atoms with Crippen LogP contribution in [0.25, 0.3) is 0 Å². The van der Waals surface area contributed by atoms with Gasteiger partial charge in [0.2, 0.25) is 10.0 Å². The molecule has 0 bridgehead atoms. The van der Waals surface area contributed by atoms with Crippen molar-refractivity contribution in [3.63, 3.8) is 0 Å². The third-order valence-electron chi connectivity index (χ3n) is 3.72. The summed E-state index contributed by atoms with van der Waals surface area (Å²) in [6.45, 7) is 3.10. The van der Waals surface area contributed by atoms with Crippen LogP contribution in [0.1, 0.15) is 18.9 Å². The van der Waals surface area contributed by atoms with Gasteiger partial charge >= 0.3 is 5.97 Å². The third kappa shape index (κ3) is 2.43. The molecule has 1 fully saturated rings. The predicted octanol–water partition coefficient (Wildman–Crippen LogP) is 1.62. The van der Waals surface area contributed by atoms with Crippen LogP contribution in [0, 0.1) is 18.2 Å². The number of nitrogens with zero attached hydrogens (tertiary/aromatic N) is 1. The van der Waals surface area contributed by atoms with Gasteiger partial charge in [-0.1, -0.05) is 0 Å². The highest BCUT2D eigenvalue weighted by molar-refractivity contribution is 7.89. The first-order valence-electron chi connectivity index (χ1n) is 6.16. The molecule has 1 heterocycles. The molecule has 0 saturated carbocycles. The fourth-order valence-electron chi connectivity index (χ4n) is 2.23. The number of sulfonamides is 1. The Morgan fingerprint density at radius 3 is 2.60 bits per heavy atom. The van der Waals surface area contributed by atoms with Gasteiger partial charge in [-0.25, -0.2) is 12.8 Å². The second-order valence-electron chi connectivity index (χ2n) is 5.37. The summed E-state index contributed by atoms with van der Waals surface area (Å²) in [6.07, 6.45) is 0.266. The van der Waals surface area contributed by atoms with Gasteiger partial charge in [0, 0.05) is 13.1 Å². The molecule has 1 aromatic rings. The average Bonchev–Trinajstić information content (AvgIpc) is 2.77. The lowest BCUT2D eigenvalue weighted by Crippen LogP contribution is -2.34. The smallest absolute Gasteiger partial charge is 0.310 e. The van der Waals surface area contributed by atoms with Crippen molar-refractivity contribution < 1.29 is 22.7 Å². The summed E-state index contributed by atoms with van der Waals surface area (Å²) in [6, 6.07) is 3.57. The van der Waals surface area contributed by atoms with E-state index in [2.05, 4.69) is 0 Å². The van der Waals surface area contributed by atoms with Crippen molar-refractivity contribution in [2.75, 3.05) is 13.1 Å². The van der Waals surface area contributed by atoms with Crippen molar-refractivity contribution in [1.82, 2.24) is 4.31 Å². The van der Waals surface area contributed by atoms with E-state index in [1.807, 2.05) is 0 Å². The van der Waals surface area contributed by atoms with Gasteiger partial charge in [-0.3, -0.25) is 4.79 Å². The first-order chi connectivity index (χ1) is 9.17. The summed E-state index contributed by atoms with van der Waals surface area (Å²) >= 11 is 0. The number of carboxylic acids is 1. The molecule has 1 aromatic carbocycles. The molecule has 110 valence electrons. The van der Waals surface area contributed by atoms with Crippen LogP contribution in [0.2, 0.25) is 0 Å². The van der Waals surface area contributed by atoms with Gasteiger partial charge in [0.15, 0.2) is 0 Å². The fourth-order valence-corrected chi connectivity index (χ4v) is 3.88. The lowest BCUT2D eigenvalue weighted by atomic mass is 9.90. The molecule has 1 unspecified atom stereocenters. The van der Waals surface area contributed by atoms with E-state index in [-0.39, 0.29) is 30.0 Å². The van der Waals surface area contributed by atoms with Crippen LogP contribution < -0.4 is 0 Å². The molecule has 1 saturated heterocycles. The Labute approximate surface area is 117 Å². The molecule has 1 atom stereocenters. The maximum absolute atomic E-state index is 13.2. The second kappa shape index (κ2) is 4.82. The van der Waals surface area contributed by atoms with Crippen LogP contribution in [0.5, 0.6) is 0 Å². The molecule has 5 nitrogen and oxygen atoms in total. The van der Waals surface area contributed by atoms with E-state index >= 15 is 0 Å². The minimum atomic E-state index is -3.78. The molecule has 0 amide bonds. The van der Waals surface area contributed by atoms with Gasteiger partial charge < -0.3 is 5.11 Å². The number of carbonyl (C=O) groups is 1. The Kier molecular flexibility index (Phi) is 3.60. The van der Waals surface area contributed by atoms with E-state index < -0.39 is 27.2 Å². The molecule has 0 aliphatic carbocycles. The molecular weight excluding hydrogens is 285 g/mol. The maximum atomic E-state index is 13.2. The van der Waals surface area contributed by atoms with E-state index in [9.17, 15) is 17.6 Å². The van der Waals surface area contributed by atoms with Crippen molar-refractivity contribution in [1.29, 1.82) is 0 Å². The third-order valence-corrected chi connectivity index (χ3v) is 5.56. The number of hydrogen-bond donors (Lipinski definition) is 1. The number of rotatable bonds is 3. The quantitative estimate of drug-likeness (QED) is 0.920. The molecule has 20 heavy (non-hydrogen) atoms. The van der Waals surface area contributed by atoms with E-state index in [4.69, 9.17) is 5.11 Å². The van der Waals surface area contributed by atoms with Crippen LogP contribution in [0.4, 0.5) is 4.39 Å². The molecule has 2 rings (SSSR count). The average molecular weight is 301 g/mol. The molecule has 0 radical (unpaired) electrons. The summed E-state index contributed by atoms with van der Waals surface area (Å²) in [7, 11) is -3.78. The minimum Gasteiger partial charge on any atom is -0.481 e. The van der Waals surface area contributed by atoms with Crippen LogP contribution in [-0.2, 0) is 14.8 Å². The second-order valence-corrected chi connectivity index (χ2v) is 7.30. The molecule has 7 heteroatoms. The molecule has 1 aliphatic rings. The van der Waals surface area contributed by atoms with Crippen LogP contribution in [-0.4, -0.2) is 36.9 Å². The number of halogens is 1. The Hall–Kier alpha value is -1.47. The minimum absolute atomic E-state index is 0.00830. The van der Waals surface area contributed by atoms with Crippen LogP contribution in [0.15, 0.2) is 23.1 Å². The highest BCUT2D eigenvalue weighted by Gasteiger charge is 2.44. The summed E-state index contributed by atoms with van der Waals surface area (Å²) in [5, 5.41) is 9.14. The Bertz CT molecular complexity index is 658. The van der Waals surface area contributed by atoms with Crippen molar-refractivity contribution in [3.8, 4) is 0 Å². The number of hydrogen-bond acceptors (Lipinski definition) is 3. The zero-order valence-corrected chi connectivity index (χ0v) is 12.1. The van der Waals surface area contributed by atoms with Gasteiger partial charge in [0.1, 0.15) is 5.82 Å². The topological polar surface area (TPSA) is 74.7 Å². The largest absolute Gasteiger partial charge is 0.481 e.